The van der Waals surface area contributed by atoms with Crippen molar-refractivity contribution in [2.45, 2.75) is 47.1 Å². The summed E-state index contributed by atoms with van der Waals surface area (Å²) in [6.07, 6.45) is 0.752. The van der Waals surface area contributed by atoms with Crippen LogP contribution in [-0.4, -0.2) is 38.1 Å². The van der Waals surface area contributed by atoms with E-state index in [0.717, 1.165) is 29.2 Å². The van der Waals surface area contributed by atoms with Gasteiger partial charge in [-0.15, -0.1) is 0 Å². The summed E-state index contributed by atoms with van der Waals surface area (Å²) >= 11 is 0. The minimum Gasteiger partial charge on any atom is -0.480 e. The molecule has 1 amide bonds. The van der Waals surface area contributed by atoms with Gasteiger partial charge < -0.3 is 10.1 Å². The van der Waals surface area contributed by atoms with Crippen molar-refractivity contribution >= 4 is 5.91 Å². The van der Waals surface area contributed by atoms with E-state index in [-0.39, 0.29) is 18.6 Å². The minimum atomic E-state index is -0.135. The van der Waals surface area contributed by atoms with Crippen molar-refractivity contribution in [3.63, 3.8) is 0 Å². The molecule has 2 aromatic heterocycles. The van der Waals surface area contributed by atoms with Gasteiger partial charge in [0.1, 0.15) is 5.69 Å². The van der Waals surface area contributed by atoms with Crippen LogP contribution in [0.5, 0.6) is 5.75 Å². The van der Waals surface area contributed by atoms with Crippen molar-refractivity contribution in [3.8, 4) is 5.75 Å². The van der Waals surface area contributed by atoms with Crippen molar-refractivity contribution in [3.05, 3.63) is 28.3 Å². The zero-order valence-corrected chi connectivity index (χ0v) is 15.6. The van der Waals surface area contributed by atoms with E-state index in [1.807, 2.05) is 53.4 Å². The Morgan fingerprint density at radius 2 is 1.67 bits per heavy atom. The Balaban J connectivity index is 1.90. The quantitative estimate of drug-likeness (QED) is 0.870. The molecule has 7 heteroatoms. The second-order valence-electron chi connectivity index (χ2n) is 6.36. The summed E-state index contributed by atoms with van der Waals surface area (Å²) in [5, 5.41) is 11.7. The first-order valence-corrected chi connectivity index (χ1v) is 8.12. The Morgan fingerprint density at radius 3 is 2.17 bits per heavy atom. The molecule has 2 aromatic rings. The molecule has 2 rings (SSSR count). The fraction of sp³-hybridized carbons (Fsp3) is 0.588. The maximum Gasteiger partial charge on any atom is 0.258 e. The smallest absolute Gasteiger partial charge is 0.258 e. The van der Waals surface area contributed by atoms with Gasteiger partial charge >= 0.3 is 0 Å². The first-order chi connectivity index (χ1) is 11.2. The number of aromatic nitrogens is 4. The number of hydrogen-bond donors (Lipinski definition) is 1. The molecule has 132 valence electrons. The molecule has 0 aliphatic rings. The minimum absolute atomic E-state index is 0.0112. The van der Waals surface area contributed by atoms with Gasteiger partial charge in [0.2, 0.25) is 0 Å². The lowest BCUT2D eigenvalue weighted by atomic mass is 10.1. The van der Waals surface area contributed by atoms with E-state index in [0.29, 0.717) is 5.75 Å². The Labute approximate surface area is 143 Å². The Morgan fingerprint density at radius 1 is 1.08 bits per heavy atom. The number of nitrogens with zero attached hydrogens (tertiary/aromatic N) is 4. The summed E-state index contributed by atoms with van der Waals surface area (Å²) in [6, 6.07) is 0.0128. The third kappa shape index (κ3) is 3.77. The maximum atomic E-state index is 12.1. The third-order valence-corrected chi connectivity index (χ3v) is 4.37. The van der Waals surface area contributed by atoms with Crippen LogP contribution in [-0.2, 0) is 25.3 Å². The molecular formula is C17H27N5O2. The van der Waals surface area contributed by atoms with E-state index in [1.54, 1.807) is 4.68 Å². The lowest BCUT2D eigenvalue weighted by Gasteiger charge is -2.15. The number of carbonyl (C=O) groups excluding carboxylic acids is 1. The van der Waals surface area contributed by atoms with Gasteiger partial charge in [0.25, 0.3) is 5.91 Å². The van der Waals surface area contributed by atoms with Gasteiger partial charge in [0.15, 0.2) is 12.4 Å². The maximum absolute atomic E-state index is 12.1. The van der Waals surface area contributed by atoms with Gasteiger partial charge in [-0.2, -0.15) is 10.2 Å². The number of amides is 1. The molecule has 0 aliphatic carbocycles. The summed E-state index contributed by atoms with van der Waals surface area (Å²) < 4.78 is 9.26. The number of nitrogens with one attached hydrogen (secondary N) is 1. The third-order valence-electron chi connectivity index (χ3n) is 4.37. The number of carbonyl (C=O) groups is 1. The van der Waals surface area contributed by atoms with Gasteiger partial charge in [0.05, 0.1) is 11.4 Å². The molecule has 1 atom stereocenters. The van der Waals surface area contributed by atoms with Crippen LogP contribution in [0.2, 0.25) is 0 Å². The van der Waals surface area contributed by atoms with Crippen LogP contribution in [0.3, 0.4) is 0 Å². The standard InChI is InChI=1S/C17H27N5O2/c1-10(8-15-11(2)19-21(6)13(15)4)18-16(23)9-24-17-12(3)20-22(7)14(17)5/h10H,8-9H2,1-7H3,(H,18,23). The molecule has 1 N–H and O–H groups in total. The number of hydrogen-bond acceptors (Lipinski definition) is 4. The highest BCUT2D eigenvalue weighted by Crippen LogP contribution is 2.21. The fourth-order valence-electron chi connectivity index (χ4n) is 2.89. The topological polar surface area (TPSA) is 74.0 Å². The van der Waals surface area contributed by atoms with Crippen molar-refractivity contribution in [2.75, 3.05) is 6.61 Å². The van der Waals surface area contributed by atoms with Crippen LogP contribution in [0.1, 0.15) is 35.3 Å². The van der Waals surface area contributed by atoms with E-state index in [1.165, 1.54) is 5.56 Å². The highest BCUT2D eigenvalue weighted by Gasteiger charge is 2.16. The van der Waals surface area contributed by atoms with Crippen LogP contribution in [0.15, 0.2) is 0 Å². The normalized spacial score (nSPS) is 12.3. The largest absolute Gasteiger partial charge is 0.480 e. The molecule has 0 saturated carbocycles. The van der Waals surface area contributed by atoms with E-state index < -0.39 is 0 Å². The predicted octanol–water partition coefficient (Wildman–Crippen LogP) is 1.51. The Kier molecular flexibility index (Phi) is 5.31. The van der Waals surface area contributed by atoms with Gasteiger partial charge in [-0.3, -0.25) is 14.2 Å². The molecular weight excluding hydrogens is 306 g/mol. The molecule has 24 heavy (non-hydrogen) atoms. The van der Waals surface area contributed by atoms with Crippen molar-refractivity contribution in [1.82, 2.24) is 24.9 Å². The molecule has 0 radical (unpaired) electrons. The molecule has 1 unspecified atom stereocenters. The van der Waals surface area contributed by atoms with Gasteiger partial charge in [-0.1, -0.05) is 0 Å². The van der Waals surface area contributed by atoms with Crippen molar-refractivity contribution in [2.24, 2.45) is 14.1 Å². The first kappa shape index (κ1) is 18.0. The van der Waals surface area contributed by atoms with E-state index >= 15 is 0 Å². The van der Waals surface area contributed by atoms with Crippen LogP contribution < -0.4 is 10.1 Å². The van der Waals surface area contributed by atoms with Crippen molar-refractivity contribution < 1.29 is 9.53 Å². The van der Waals surface area contributed by atoms with Crippen LogP contribution >= 0.6 is 0 Å². The molecule has 0 spiro atoms. The highest BCUT2D eigenvalue weighted by atomic mass is 16.5. The monoisotopic (exact) mass is 333 g/mol. The second kappa shape index (κ2) is 7.07. The summed E-state index contributed by atoms with van der Waals surface area (Å²) in [5.74, 6) is 0.545. The zero-order valence-electron chi connectivity index (χ0n) is 15.6. The highest BCUT2D eigenvalue weighted by molar-refractivity contribution is 5.77. The van der Waals surface area contributed by atoms with Gasteiger partial charge in [0, 0.05) is 25.8 Å². The predicted molar refractivity (Wildman–Crippen MR) is 92.2 cm³/mol. The number of ether oxygens (including phenoxy) is 1. The average Bonchev–Trinajstić information content (AvgIpc) is 2.87. The van der Waals surface area contributed by atoms with E-state index in [4.69, 9.17) is 4.74 Å². The average molecular weight is 333 g/mol. The van der Waals surface area contributed by atoms with Crippen molar-refractivity contribution in [1.29, 1.82) is 0 Å². The molecule has 0 saturated heterocycles. The molecule has 0 aromatic carbocycles. The Hall–Kier alpha value is -2.31. The van der Waals surface area contributed by atoms with Crippen LogP contribution in [0.4, 0.5) is 0 Å². The van der Waals surface area contributed by atoms with Crippen LogP contribution in [0, 0.1) is 27.7 Å². The molecule has 0 fully saturated rings. The van der Waals surface area contributed by atoms with E-state index in [2.05, 4.69) is 15.5 Å². The molecule has 0 bridgehead atoms. The lowest BCUT2D eigenvalue weighted by Crippen LogP contribution is -2.37. The van der Waals surface area contributed by atoms with E-state index in [9.17, 15) is 4.79 Å². The SMILES string of the molecule is Cc1nn(C)c(C)c1CC(C)NC(=O)COc1c(C)nn(C)c1C. The van der Waals surface area contributed by atoms with Crippen LogP contribution in [0.25, 0.3) is 0 Å². The summed E-state index contributed by atoms with van der Waals surface area (Å²) in [7, 11) is 3.79. The van der Waals surface area contributed by atoms with Gasteiger partial charge in [-0.05, 0) is 46.6 Å². The summed E-state index contributed by atoms with van der Waals surface area (Å²) in [4.78, 5) is 12.1. The van der Waals surface area contributed by atoms with Gasteiger partial charge in [-0.25, -0.2) is 0 Å². The number of rotatable bonds is 6. The molecule has 2 heterocycles. The number of aryl methyl sites for hydroxylation is 4. The first-order valence-electron chi connectivity index (χ1n) is 8.12. The lowest BCUT2D eigenvalue weighted by molar-refractivity contribution is -0.123. The summed E-state index contributed by atoms with van der Waals surface area (Å²) in [5.41, 5.74) is 5.03. The second-order valence-corrected chi connectivity index (χ2v) is 6.36. The fourth-order valence-corrected chi connectivity index (χ4v) is 2.89. The summed E-state index contributed by atoms with van der Waals surface area (Å²) in [6.45, 7) is 9.81. The zero-order chi connectivity index (χ0) is 18.0. The Bertz CT molecular complexity index is 745. The molecule has 0 aliphatic heterocycles. The molecule has 7 nitrogen and oxygen atoms in total.